The van der Waals surface area contributed by atoms with Crippen molar-refractivity contribution in [1.29, 1.82) is 0 Å². The molecule has 0 atom stereocenters. The number of nitro benzene ring substituents is 1. The Bertz CT molecular complexity index is 1020. The molecule has 0 fully saturated rings. The molecular formula is C20H21N5O4. The third-order valence-electron chi connectivity index (χ3n) is 4.18. The minimum absolute atomic E-state index is 0.0160. The van der Waals surface area contributed by atoms with Gasteiger partial charge in [0.15, 0.2) is 18.2 Å². The molecule has 0 saturated heterocycles. The first-order chi connectivity index (χ1) is 13.7. The highest BCUT2D eigenvalue weighted by molar-refractivity contribution is 5.90. The van der Waals surface area contributed by atoms with Crippen molar-refractivity contribution in [3.05, 3.63) is 64.2 Å². The van der Waals surface area contributed by atoms with Gasteiger partial charge in [0.2, 0.25) is 5.95 Å². The van der Waals surface area contributed by atoms with Crippen molar-refractivity contribution < 1.29 is 14.5 Å². The Kier molecular flexibility index (Phi) is 5.58. The Morgan fingerprint density at radius 3 is 2.52 bits per heavy atom. The van der Waals surface area contributed by atoms with Gasteiger partial charge in [0.25, 0.3) is 5.91 Å². The Morgan fingerprint density at radius 1 is 1.17 bits per heavy atom. The monoisotopic (exact) mass is 395 g/mol. The number of amides is 1. The molecule has 0 unspecified atom stereocenters. The van der Waals surface area contributed by atoms with Gasteiger partial charge in [-0.3, -0.25) is 25.3 Å². The number of nitro groups is 1. The third-order valence-corrected chi connectivity index (χ3v) is 4.18. The molecule has 0 bridgehead atoms. The van der Waals surface area contributed by atoms with Crippen molar-refractivity contribution in [3.63, 3.8) is 0 Å². The van der Waals surface area contributed by atoms with Gasteiger partial charge in [-0.2, -0.15) is 4.98 Å². The number of H-pyrrole nitrogens is 1. The van der Waals surface area contributed by atoms with Crippen LogP contribution in [0.5, 0.6) is 5.75 Å². The van der Waals surface area contributed by atoms with Crippen LogP contribution in [0.25, 0.3) is 11.4 Å². The largest absolute Gasteiger partial charge is 0.477 e. The lowest BCUT2D eigenvalue weighted by atomic mass is 9.87. The molecule has 1 amide bonds. The van der Waals surface area contributed by atoms with E-state index in [-0.39, 0.29) is 22.8 Å². The second kappa shape index (κ2) is 8.09. The number of aromatic nitrogens is 3. The van der Waals surface area contributed by atoms with Crippen LogP contribution in [0.2, 0.25) is 0 Å². The summed E-state index contributed by atoms with van der Waals surface area (Å²) in [6.07, 6.45) is 0. The minimum atomic E-state index is -0.570. The molecule has 1 heterocycles. The summed E-state index contributed by atoms with van der Waals surface area (Å²) in [5.41, 5.74) is 1.87. The molecular weight excluding hydrogens is 374 g/mol. The Morgan fingerprint density at radius 2 is 1.86 bits per heavy atom. The predicted molar refractivity (Wildman–Crippen MR) is 108 cm³/mol. The molecule has 9 heteroatoms. The smallest absolute Gasteiger partial charge is 0.310 e. The quantitative estimate of drug-likeness (QED) is 0.485. The van der Waals surface area contributed by atoms with Gasteiger partial charge in [0, 0.05) is 11.6 Å². The van der Waals surface area contributed by atoms with Crippen LogP contribution in [0.3, 0.4) is 0 Å². The van der Waals surface area contributed by atoms with Crippen molar-refractivity contribution in [2.24, 2.45) is 0 Å². The molecule has 0 aliphatic rings. The zero-order valence-corrected chi connectivity index (χ0v) is 16.3. The minimum Gasteiger partial charge on any atom is -0.477 e. The van der Waals surface area contributed by atoms with Crippen LogP contribution < -0.4 is 10.1 Å². The van der Waals surface area contributed by atoms with Gasteiger partial charge < -0.3 is 4.74 Å². The number of anilines is 1. The van der Waals surface area contributed by atoms with Gasteiger partial charge in [-0.15, -0.1) is 5.10 Å². The average Bonchev–Trinajstić information content (AvgIpc) is 3.14. The molecule has 150 valence electrons. The fourth-order valence-electron chi connectivity index (χ4n) is 2.61. The third kappa shape index (κ3) is 4.95. The molecule has 1 aromatic heterocycles. The van der Waals surface area contributed by atoms with Crippen LogP contribution in [0.1, 0.15) is 26.3 Å². The van der Waals surface area contributed by atoms with E-state index >= 15 is 0 Å². The number of aromatic amines is 1. The number of carbonyl (C=O) groups is 1. The van der Waals surface area contributed by atoms with Crippen LogP contribution in [0.4, 0.5) is 11.6 Å². The van der Waals surface area contributed by atoms with E-state index in [9.17, 15) is 14.9 Å². The molecule has 2 N–H and O–H groups in total. The number of para-hydroxylation sites is 2. The number of carbonyl (C=O) groups excluding carboxylic acids is 1. The lowest BCUT2D eigenvalue weighted by molar-refractivity contribution is -0.385. The highest BCUT2D eigenvalue weighted by Crippen LogP contribution is 2.26. The molecule has 0 aliphatic carbocycles. The molecule has 3 rings (SSSR count). The first kappa shape index (κ1) is 20.0. The Balaban J connectivity index is 1.61. The van der Waals surface area contributed by atoms with E-state index in [4.69, 9.17) is 4.74 Å². The molecule has 2 aromatic carbocycles. The maximum atomic E-state index is 12.1. The van der Waals surface area contributed by atoms with Gasteiger partial charge >= 0.3 is 5.69 Å². The average molecular weight is 395 g/mol. The molecule has 3 aromatic rings. The molecule has 0 saturated carbocycles. The number of hydrogen-bond acceptors (Lipinski definition) is 6. The lowest BCUT2D eigenvalue weighted by Gasteiger charge is -2.18. The van der Waals surface area contributed by atoms with Gasteiger partial charge in [0.05, 0.1) is 4.92 Å². The second-order valence-corrected chi connectivity index (χ2v) is 7.40. The van der Waals surface area contributed by atoms with Crippen LogP contribution in [0, 0.1) is 10.1 Å². The normalized spacial score (nSPS) is 11.1. The summed E-state index contributed by atoms with van der Waals surface area (Å²) in [5, 5.41) is 20.2. The van der Waals surface area contributed by atoms with Gasteiger partial charge in [-0.25, -0.2) is 0 Å². The molecule has 0 radical (unpaired) electrons. The summed E-state index contributed by atoms with van der Waals surface area (Å²) >= 11 is 0. The van der Waals surface area contributed by atoms with Crippen molar-refractivity contribution in [1.82, 2.24) is 15.2 Å². The molecule has 9 nitrogen and oxygen atoms in total. The van der Waals surface area contributed by atoms with Gasteiger partial charge in [0.1, 0.15) is 0 Å². The zero-order valence-electron chi connectivity index (χ0n) is 16.3. The zero-order chi connectivity index (χ0) is 21.0. The van der Waals surface area contributed by atoms with E-state index in [2.05, 4.69) is 41.3 Å². The van der Waals surface area contributed by atoms with Gasteiger partial charge in [-0.1, -0.05) is 57.2 Å². The number of nitrogens with one attached hydrogen (secondary N) is 2. The summed E-state index contributed by atoms with van der Waals surface area (Å²) in [6, 6.07) is 13.8. The summed E-state index contributed by atoms with van der Waals surface area (Å²) in [5.74, 6) is 0.0930. The van der Waals surface area contributed by atoms with Crippen molar-refractivity contribution in [2.45, 2.75) is 26.2 Å². The van der Waals surface area contributed by atoms with E-state index in [1.54, 1.807) is 6.07 Å². The lowest BCUT2D eigenvalue weighted by Crippen LogP contribution is -2.21. The summed E-state index contributed by atoms with van der Waals surface area (Å²) < 4.78 is 5.25. The van der Waals surface area contributed by atoms with Crippen LogP contribution in [-0.4, -0.2) is 32.6 Å². The number of rotatable bonds is 6. The van der Waals surface area contributed by atoms with Crippen molar-refractivity contribution >= 4 is 17.5 Å². The molecule has 0 aliphatic heterocycles. The SMILES string of the molecule is CC(C)(C)c1ccc(-c2nc(NC(=O)COc3ccccc3[N+](=O)[O-])n[nH]2)cc1. The Hall–Kier alpha value is -3.75. The maximum Gasteiger partial charge on any atom is 0.310 e. The Labute approximate surface area is 167 Å². The van der Waals surface area contributed by atoms with Crippen LogP contribution in [-0.2, 0) is 10.2 Å². The fourth-order valence-corrected chi connectivity index (χ4v) is 2.61. The van der Waals surface area contributed by atoms with E-state index < -0.39 is 17.4 Å². The summed E-state index contributed by atoms with van der Waals surface area (Å²) in [6.45, 7) is 6.00. The summed E-state index contributed by atoms with van der Waals surface area (Å²) in [7, 11) is 0. The van der Waals surface area contributed by atoms with Crippen LogP contribution in [0.15, 0.2) is 48.5 Å². The van der Waals surface area contributed by atoms with Crippen molar-refractivity contribution in [2.75, 3.05) is 11.9 Å². The summed E-state index contributed by atoms with van der Waals surface area (Å²) in [4.78, 5) is 26.7. The standard InChI is InChI=1S/C20H21N5O4/c1-20(2,3)14-10-8-13(9-11-14)18-22-19(24-23-18)21-17(26)12-29-16-7-5-4-6-15(16)25(27)28/h4-11H,12H2,1-3H3,(H2,21,22,23,24,26). The highest BCUT2D eigenvalue weighted by Gasteiger charge is 2.16. The highest BCUT2D eigenvalue weighted by atomic mass is 16.6. The molecule has 29 heavy (non-hydrogen) atoms. The maximum absolute atomic E-state index is 12.1. The topological polar surface area (TPSA) is 123 Å². The first-order valence-corrected chi connectivity index (χ1v) is 8.93. The molecule has 0 spiro atoms. The van der Waals surface area contributed by atoms with E-state index in [0.717, 1.165) is 5.56 Å². The first-order valence-electron chi connectivity index (χ1n) is 8.93. The van der Waals surface area contributed by atoms with E-state index in [1.807, 2.05) is 24.3 Å². The number of ether oxygens (including phenoxy) is 1. The number of hydrogen-bond donors (Lipinski definition) is 2. The second-order valence-electron chi connectivity index (χ2n) is 7.40. The predicted octanol–water partition coefficient (Wildman–Crippen LogP) is 3.69. The van der Waals surface area contributed by atoms with Crippen molar-refractivity contribution in [3.8, 4) is 17.1 Å². The van der Waals surface area contributed by atoms with Crippen LogP contribution >= 0.6 is 0 Å². The number of nitrogens with zero attached hydrogens (tertiary/aromatic N) is 3. The van der Waals surface area contributed by atoms with Gasteiger partial charge in [-0.05, 0) is 17.0 Å². The van der Waals surface area contributed by atoms with E-state index in [0.29, 0.717) is 5.82 Å². The number of benzene rings is 2. The van der Waals surface area contributed by atoms with E-state index in [1.165, 1.54) is 23.8 Å². The fraction of sp³-hybridized carbons (Fsp3) is 0.250.